The standard InChI is InChI=1S/C12H20N2O2S/c1-14(2)10-9-13-17(15,16)11-8-12-6-4-3-5-7-12/h3-7,13H,8-11H2,1-2H3. The number of rotatable bonds is 7. The van der Waals surface area contributed by atoms with Gasteiger partial charge in [0.1, 0.15) is 0 Å². The molecule has 4 nitrogen and oxygen atoms in total. The first-order chi connectivity index (χ1) is 7.99. The Morgan fingerprint density at radius 3 is 2.41 bits per heavy atom. The molecule has 0 aliphatic rings. The van der Waals surface area contributed by atoms with Crippen molar-refractivity contribution in [2.75, 3.05) is 32.9 Å². The topological polar surface area (TPSA) is 49.4 Å². The van der Waals surface area contributed by atoms with E-state index in [1.54, 1.807) is 0 Å². The van der Waals surface area contributed by atoms with E-state index in [0.717, 1.165) is 5.56 Å². The molecule has 5 heteroatoms. The average Bonchev–Trinajstić information content (AvgIpc) is 2.27. The highest BCUT2D eigenvalue weighted by molar-refractivity contribution is 7.89. The van der Waals surface area contributed by atoms with E-state index in [0.29, 0.717) is 19.5 Å². The molecule has 1 aromatic carbocycles. The fourth-order valence-corrected chi connectivity index (χ4v) is 2.44. The molecule has 0 aliphatic carbocycles. The Balaban J connectivity index is 2.35. The van der Waals surface area contributed by atoms with Crippen LogP contribution in [0.15, 0.2) is 30.3 Å². The number of hydrogen-bond donors (Lipinski definition) is 1. The minimum absolute atomic E-state index is 0.143. The first-order valence-corrected chi connectivity index (χ1v) is 7.31. The van der Waals surface area contributed by atoms with Gasteiger partial charge >= 0.3 is 0 Å². The van der Waals surface area contributed by atoms with Crippen LogP contribution in [0.4, 0.5) is 0 Å². The van der Waals surface area contributed by atoms with Crippen LogP contribution in [0.3, 0.4) is 0 Å². The lowest BCUT2D eigenvalue weighted by atomic mass is 10.2. The first-order valence-electron chi connectivity index (χ1n) is 5.65. The van der Waals surface area contributed by atoms with E-state index in [1.807, 2.05) is 49.3 Å². The van der Waals surface area contributed by atoms with Crippen LogP contribution in [0.1, 0.15) is 5.56 Å². The predicted molar refractivity (Wildman–Crippen MR) is 70.5 cm³/mol. The maximum absolute atomic E-state index is 11.7. The summed E-state index contributed by atoms with van der Waals surface area (Å²) < 4.78 is 25.9. The third-order valence-electron chi connectivity index (χ3n) is 2.38. The molecule has 1 aromatic rings. The molecular weight excluding hydrogens is 236 g/mol. The third-order valence-corrected chi connectivity index (χ3v) is 3.77. The SMILES string of the molecule is CN(C)CCNS(=O)(=O)CCc1ccccc1. The summed E-state index contributed by atoms with van der Waals surface area (Å²) in [6.07, 6.45) is 0.554. The van der Waals surface area contributed by atoms with Gasteiger partial charge in [0.15, 0.2) is 0 Å². The molecule has 0 atom stereocenters. The molecule has 17 heavy (non-hydrogen) atoms. The van der Waals surface area contributed by atoms with Gasteiger partial charge < -0.3 is 4.90 Å². The van der Waals surface area contributed by atoms with Gasteiger partial charge in [0.05, 0.1) is 5.75 Å². The van der Waals surface area contributed by atoms with E-state index in [-0.39, 0.29) is 5.75 Å². The Kier molecular flexibility index (Phi) is 5.61. The van der Waals surface area contributed by atoms with E-state index in [1.165, 1.54) is 0 Å². The van der Waals surface area contributed by atoms with Gasteiger partial charge in [-0.3, -0.25) is 0 Å². The molecule has 0 aliphatic heterocycles. The molecule has 0 aromatic heterocycles. The highest BCUT2D eigenvalue weighted by atomic mass is 32.2. The molecule has 96 valence electrons. The minimum Gasteiger partial charge on any atom is -0.308 e. The van der Waals surface area contributed by atoms with Crippen molar-refractivity contribution < 1.29 is 8.42 Å². The quantitative estimate of drug-likeness (QED) is 0.781. The second-order valence-electron chi connectivity index (χ2n) is 4.25. The lowest BCUT2D eigenvalue weighted by molar-refractivity contribution is 0.412. The van der Waals surface area contributed by atoms with E-state index in [9.17, 15) is 8.42 Å². The zero-order valence-corrected chi connectivity index (χ0v) is 11.2. The fraction of sp³-hybridized carbons (Fsp3) is 0.500. The molecule has 1 rings (SSSR count). The highest BCUT2D eigenvalue weighted by Gasteiger charge is 2.09. The predicted octanol–water partition coefficient (Wildman–Crippen LogP) is 0.710. The molecule has 0 amide bonds. The zero-order valence-electron chi connectivity index (χ0n) is 10.4. The van der Waals surface area contributed by atoms with E-state index in [2.05, 4.69) is 4.72 Å². The Morgan fingerprint density at radius 1 is 1.18 bits per heavy atom. The number of hydrogen-bond acceptors (Lipinski definition) is 3. The summed E-state index contributed by atoms with van der Waals surface area (Å²) in [4.78, 5) is 1.94. The van der Waals surface area contributed by atoms with Crippen LogP contribution in [-0.2, 0) is 16.4 Å². The van der Waals surface area contributed by atoms with Gasteiger partial charge in [0.2, 0.25) is 10.0 Å². The number of likely N-dealkylation sites (N-methyl/N-ethyl adjacent to an activating group) is 1. The van der Waals surface area contributed by atoms with Gasteiger partial charge in [-0.1, -0.05) is 30.3 Å². The van der Waals surface area contributed by atoms with Gasteiger partial charge in [-0.15, -0.1) is 0 Å². The van der Waals surface area contributed by atoms with Gasteiger partial charge in [-0.25, -0.2) is 13.1 Å². The van der Waals surface area contributed by atoms with Gasteiger partial charge in [0, 0.05) is 13.1 Å². The first kappa shape index (κ1) is 14.2. The van der Waals surface area contributed by atoms with Crippen LogP contribution in [0.25, 0.3) is 0 Å². The fourth-order valence-electron chi connectivity index (χ4n) is 1.39. The van der Waals surface area contributed by atoms with Crippen molar-refractivity contribution in [1.29, 1.82) is 0 Å². The highest BCUT2D eigenvalue weighted by Crippen LogP contribution is 2.01. The molecule has 0 spiro atoms. The van der Waals surface area contributed by atoms with Gasteiger partial charge in [-0.05, 0) is 26.1 Å². The monoisotopic (exact) mass is 256 g/mol. The molecule has 0 radical (unpaired) electrons. The Labute approximate surface area is 104 Å². The summed E-state index contributed by atoms with van der Waals surface area (Å²) in [6.45, 7) is 1.18. The number of nitrogens with one attached hydrogen (secondary N) is 1. The maximum atomic E-state index is 11.7. The van der Waals surface area contributed by atoms with Crippen molar-refractivity contribution in [3.05, 3.63) is 35.9 Å². The summed E-state index contributed by atoms with van der Waals surface area (Å²) in [5, 5.41) is 0. The van der Waals surface area contributed by atoms with Crippen molar-refractivity contribution in [2.45, 2.75) is 6.42 Å². The summed E-state index contributed by atoms with van der Waals surface area (Å²) in [5.74, 6) is 0.143. The molecular formula is C12H20N2O2S. The Bertz CT molecular complexity index is 415. The van der Waals surface area contributed by atoms with Crippen molar-refractivity contribution in [3.63, 3.8) is 0 Å². The number of nitrogens with zero attached hydrogens (tertiary/aromatic N) is 1. The van der Waals surface area contributed by atoms with Crippen molar-refractivity contribution in [3.8, 4) is 0 Å². The number of benzene rings is 1. The minimum atomic E-state index is -3.15. The second kappa shape index (κ2) is 6.74. The van der Waals surface area contributed by atoms with E-state index < -0.39 is 10.0 Å². The number of sulfonamides is 1. The van der Waals surface area contributed by atoms with Gasteiger partial charge in [-0.2, -0.15) is 0 Å². The normalized spacial score (nSPS) is 11.9. The summed E-state index contributed by atoms with van der Waals surface area (Å²) in [6, 6.07) is 9.64. The van der Waals surface area contributed by atoms with Crippen LogP contribution >= 0.6 is 0 Å². The largest absolute Gasteiger partial charge is 0.308 e. The Morgan fingerprint density at radius 2 is 1.82 bits per heavy atom. The number of aryl methyl sites for hydroxylation is 1. The molecule has 0 fully saturated rings. The second-order valence-corrected chi connectivity index (χ2v) is 6.18. The van der Waals surface area contributed by atoms with Crippen LogP contribution in [0.5, 0.6) is 0 Å². The molecule has 0 bridgehead atoms. The summed E-state index contributed by atoms with van der Waals surface area (Å²) >= 11 is 0. The van der Waals surface area contributed by atoms with Crippen molar-refractivity contribution in [1.82, 2.24) is 9.62 Å². The van der Waals surface area contributed by atoms with Crippen molar-refractivity contribution >= 4 is 10.0 Å². The lowest BCUT2D eigenvalue weighted by Gasteiger charge is -2.10. The molecule has 1 N–H and O–H groups in total. The summed E-state index contributed by atoms with van der Waals surface area (Å²) in [7, 11) is 0.678. The van der Waals surface area contributed by atoms with Crippen LogP contribution in [-0.4, -0.2) is 46.3 Å². The maximum Gasteiger partial charge on any atom is 0.211 e. The average molecular weight is 256 g/mol. The lowest BCUT2D eigenvalue weighted by Crippen LogP contribution is -2.33. The third kappa shape index (κ3) is 6.41. The van der Waals surface area contributed by atoms with Crippen LogP contribution in [0.2, 0.25) is 0 Å². The molecule has 0 heterocycles. The summed E-state index contributed by atoms with van der Waals surface area (Å²) in [5.41, 5.74) is 1.05. The van der Waals surface area contributed by atoms with Crippen LogP contribution < -0.4 is 4.72 Å². The van der Waals surface area contributed by atoms with Crippen LogP contribution in [0, 0.1) is 0 Å². The molecule has 0 saturated carbocycles. The molecule has 0 saturated heterocycles. The van der Waals surface area contributed by atoms with E-state index >= 15 is 0 Å². The van der Waals surface area contributed by atoms with Gasteiger partial charge in [0.25, 0.3) is 0 Å². The molecule has 0 unspecified atom stereocenters. The zero-order chi connectivity index (χ0) is 12.7. The Hall–Kier alpha value is -0.910. The van der Waals surface area contributed by atoms with Crippen molar-refractivity contribution in [2.24, 2.45) is 0 Å². The smallest absolute Gasteiger partial charge is 0.211 e. The van der Waals surface area contributed by atoms with E-state index in [4.69, 9.17) is 0 Å².